The zero-order valence-corrected chi connectivity index (χ0v) is 17.2. The van der Waals surface area contributed by atoms with E-state index in [9.17, 15) is 18.0 Å². The number of alkyl halides is 3. The Morgan fingerprint density at radius 3 is 2.58 bits per heavy atom. The van der Waals surface area contributed by atoms with Crippen LogP contribution in [-0.4, -0.2) is 41.2 Å². The maximum Gasteiger partial charge on any atom is 0.416 e. The van der Waals surface area contributed by atoms with Gasteiger partial charge in [0.25, 0.3) is 5.91 Å². The molecule has 2 aromatic rings. The quantitative estimate of drug-likeness (QED) is 0.706. The fourth-order valence-electron chi connectivity index (χ4n) is 4.10. The van der Waals surface area contributed by atoms with Gasteiger partial charge in [0.05, 0.1) is 24.4 Å². The molecule has 0 unspecified atom stereocenters. The van der Waals surface area contributed by atoms with Crippen LogP contribution in [0, 0.1) is 0 Å². The van der Waals surface area contributed by atoms with Gasteiger partial charge in [-0.25, -0.2) is 0 Å². The highest BCUT2D eigenvalue weighted by molar-refractivity contribution is 6.04. The Labute approximate surface area is 178 Å². The van der Waals surface area contributed by atoms with Crippen LogP contribution in [0.25, 0.3) is 5.70 Å². The minimum absolute atomic E-state index is 0.0905. The number of benzene rings is 2. The standard InChI is InChI=1S/C23H23F3N2O3/c1-22(2)18(12-27-9-10-29)20(28-13-14-5-3-4-6-16(14)21(28)30)17-11-15(23(24,25)26)7-8-19(17)31-22/h3-8,11,27,29H,9-10,12-13H2,1-2H3. The SMILES string of the molecule is CC1(C)Oc2ccc(C(F)(F)F)cc2C(N2Cc3ccccc3C2=O)=C1CNCCO. The average Bonchev–Trinajstić information content (AvgIpc) is 3.03. The number of hydrogen-bond donors (Lipinski definition) is 2. The van der Waals surface area contributed by atoms with E-state index >= 15 is 0 Å². The van der Waals surface area contributed by atoms with E-state index in [0.29, 0.717) is 29.1 Å². The van der Waals surface area contributed by atoms with Crippen molar-refractivity contribution in [2.75, 3.05) is 19.7 Å². The molecule has 0 bridgehead atoms. The van der Waals surface area contributed by atoms with Gasteiger partial charge in [-0.2, -0.15) is 13.2 Å². The number of nitrogens with one attached hydrogen (secondary N) is 1. The van der Waals surface area contributed by atoms with Gasteiger partial charge in [0.1, 0.15) is 11.4 Å². The van der Waals surface area contributed by atoms with Gasteiger partial charge in [0.2, 0.25) is 0 Å². The van der Waals surface area contributed by atoms with Gasteiger partial charge in [-0.3, -0.25) is 4.79 Å². The number of rotatable bonds is 5. The third-order valence-electron chi connectivity index (χ3n) is 5.62. The highest BCUT2D eigenvalue weighted by Crippen LogP contribution is 2.46. The first-order valence-corrected chi connectivity index (χ1v) is 9.99. The van der Waals surface area contributed by atoms with Crippen molar-refractivity contribution >= 4 is 11.6 Å². The number of amides is 1. The molecule has 5 nitrogen and oxygen atoms in total. The van der Waals surface area contributed by atoms with Crippen molar-refractivity contribution in [3.63, 3.8) is 0 Å². The minimum Gasteiger partial charge on any atom is -0.483 e. The number of carbonyl (C=O) groups excluding carboxylic acids is 1. The van der Waals surface area contributed by atoms with Gasteiger partial charge >= 0.3 is 6.18 Å². The topological polar surface area (TPSA) is 61.8 Å². The summed E-state index contributed by atoms with van der Waals surface area (Å²) in [5, 5.41) is 12.2. The van der Waals surface area contributed by atoms with Crippen molar-refractivity contribution in [2.24, 2.45) is 0 Å². The van der Waals surface area contributed by atoms with E-state index in [2.05, 4.69) is 5.32 Å². The summed E-state index contributed by atoms with van der Waals surface area (Å²) >= 11 is 0. The Morgan fingerprint density at radius 1 is 1.16 bits per heavy atom. The van der Waals surface area contributed by atoms with Crippen LogP contribution in [0.1, 0.15) is 40.9 Å². The summed E-state index contributed by atoms with van der Waals surface area (Å²) in [6.45, 7) is 4.36. The van der Waals surface area contributed by atoms with Crippen molar-refractivity contribution < 1.29 is 27.8 Å². The van der Waals surface area contributed by atoms with Gasteiger partial charge in [-0.1, -0.05) is 18.2 Å². The maximum absolute atomic E-state index is 13.5. The van der Waals surface area contributed by atoms with Crippen LogP contribution in [0.2, 0.25) is 0 Å². The maximum atomic E-state index is 13.5. The van der Waals surface area contributed by atoms with Gasteiger partial charge in [0.15, 0.2) is 0 Å². The van der Waals surface area contributed by atoms with E-state index in [1.807, 2.05) is 26.0 Å². The lowest BCUT2D eigenvalue weighted by Crippen LogP contribution is -2.42. The molecule has 0 aromatic heterocycles. The first-order valence-electron chi connectivity index (χ1n) is 9.99. The van der Waals surface area contributed by atoms with Crippen LogP contribution in [0.15, 0.2) is 48.0 Å². The van der Waals surface area contributed by atoms with Crippen molar-refractivity contribution in [3.8, 4) is 5.75 Å². The smallest absolute Gasteiger partial charge is 0.416 e. The summed E-state index contributed by atoms with van der Waals surface area (Å²) in [7, 11) is 0. The molecular weight excluding hydrogens is 409 g/mol. The zero-order chi connectivity index (χ0) is 22.4. The fourth-order valence-corrected chi connectivity index (χ4v) is 4.10. The van der Waals surface area contributed by atoms with Crippen LogP contribution in [0.5, 0.6) is 5.75 Å². The molecule has 0 fully saturated rings. The number of fused-ring (bicyclic) bond motifs is 2. The third kappa shape index (κ3) is 3.81. The minimum atomic E-state index is -4.53. The lowest BCUT2D eigenvalue weighted by molar-refractivity contribution is -0.137. The number of halogens is 3. The Hall–Kier alpha value is -2.84. The Bertz CT molecular complexity index is 1060. The largest absolute Gasteiger partial charge is 0.483 e. The Morgan fingerprint density at radius 2 is 1.90 bits per heavy atom. The third-order valence-corrected chi connectivity index (χ3v) is 5.62. The molecule has 164 valence electrons. The van der Waals surface area contributed by atoms with Crippen LogP contribution in [0.4, 0.5) is 13.2 Å². The van der Waals surface area contributed by atoms with Gasteiger partial charge in [0, 0.05) is 29.8 Å². The number of hydrogen-bond acceptors (Lipinski definition) is 4. The van der Waals surface area contributed by atoms with Crippen LogP contribution >= 0.6 is 0 Å². The van der Waals surface area contributed by atoms with Crippen LogP contribution in [0.3, 0.4) is 0 Å². The van der Waals surface area contributed by atoms with E-state index in [1.54, 1.807) is 12.1 Å². The second kappa shape index (κ2) is 7.69. The fraction of sp³-hybridized carbons (Fsp3) is 0.348. The van der Waals surface area contributed by atoms with Gasteiger partial charge in [-0.05, 0) is 43.7 Å². The van der Waals surface area contributed by atoms with Crippen molar-refractivity contribution in [2.45, 2.75) is 32.2 Å². The summed E-state index contributed by atoms with van der Waals surface area (Å²) in [6, 6.07) is 10.5. The lowest BCUT2D eigenvalue weighted by atomic mass is 9.88. The molecule has 1 amide bonds. The molecule has 2 aliphatic heterocycles. The normalized spacial score (nSPS) is 17.5. The summed E-state index contributed by atoms with van der Waals surface area (Å²) in [4.78, 5) is 14.8. The number of nitrogens with zero attached hydrogens (tertiary/aromatic N) is 1. The summed E-state index contributed by atoms with van der Waals surface area (Å²) < 4.78 is 46.5. The van der Waals surface area contributed by atoms with E-state index in [4.69, 9.17) is 9.84 Å². The monoisotopic (exact) mass is 432 g/mol. The number of aliphatic hydroxyl groups excluding tert-OH is 1. The van der Waals surface area contributed by atoms with Gasteiger partial charge in [-0.15, -0.1) is 0 Å². The molecule has 0 spiro atoms. The van der Waals surface area contributed by atoms with E-state index in [0.717, 1.165) is 17.7 Å². The van der Waals surface area contributed by atoms with Crippen molar-refractivity contribution in [1.29, 1.82) is 0 Å². The molecule has 0 radical (unpaired) electrons. The number of aliphatic hydroxyl groups is 1. The Balaban J connectivity index is 1.90. The second-order valence-corrected chi connectivity index (χ2v) is 8.10. The van der Waals surface area contributed by atoms with Gasteiger partial charge < -0.3 is 20.1 Å². The predicted octanol–water partition coefficient (Wildman–Crippen LogP) is 3.83. The molecule has 4 rings (SSSR count). The van der Waals surface area contributed by atoms with Crippen molar-refractivity contribution in [3.05, 3.63) is 70.3 Å². The average molecular weight is 432 g/mol. The molecule has 0 atom stereocenters. The van der Waals surface area contributed by atoms with E-state index in [-0.39, 0.29) is 31.2 Å². The number of carbonyl (C=O) groups is 1. The summed E-state index contributed by atoms with van der Waals surface area (Å²) in [5.41, 5.74) is 0.975. The number of ether oxygens (including phenoxy) is 1. The Kier molecular flexibility index (Phi) is 5.31. The first kappa shape index (κ1) is 21.4. The summed E-state index contributed by atoms with van der Waals surface area (Å²) in [5.74, 6) is 0.0361. The van der Waals surface area contributed by atoms with E-state index < -0.39 is 17.3 Å². The molecule has 2 aliphatic rings. The highest BCUT2D eigenvalue weighted by Gasteiger charge is 2.42. The molecule has 2 aromatic carbocycles. The lowest BCUT2D eigenvalue weighted by Gasteiger charge is -2.40. The second-order valence-electron chi connectivity index (χ2n) is 8.10. The van der Waals surface area contributed by atoms with E-state index in [1.165, 1.54) is 11.0 Å². The predicted molar refractivity (Wildman–Crippen MR) is 109 cm³/mol. The molecule has 2 N–H and O–H groups in total. The van der Waals surface area contributed by atoms with Crippen LogP contribution < -0.4 is 10.1 Å². The van der Waals surface area contributed by atoms with Crippen LogP contribution in [-0.2, 0) is 12.7 Å². The molecule has 8 heteroatoms. The van der Waals surface area contributed by atoms with Crippen molar-refractivity contribution in [1.82, 2.24) is 10.2 Å². The molecule has 0 saturated carbocycles. The molecule has 0 aliphatic carbocycles. The molecule has 31 heavy (non-hydrogen) atoms. The molecule has 2 heterocycles. The first-order chi connectivity index (χ1) is 14.6. The highest BCUT2D eigenvalue weighted by atomic mass is 19.4. The summed E-state index contributed by atoms with van der Waals surface area (Å²) in [6.07, 6.45) is -4.53. The molecular formula is C23H23F3N2O3. The molecule has 0 saturated heterocycles. The zero-order valence-electron chi connectivity index (χ0n) is 17.2.